The van der Waals surface area contributed by atoms with Crippen molar-refractivity contribution in [3.05, 3.63) is 71.7 Å². The first-order valence-electron chi connectivity index (χ1n) is 11.1. The van der Waals surface area contributed by atoms with Gasteiger partial charge >= 0.3 is 0 Å². The van der Waals surface area contributed by atoms with Crippen molar-refractivity contribution in [3.63, 3.8) is 0 Å². The minimum Gasteiger partial charge on any atom is -0.384 e. The third kappa shape index (κ3) is 5.41. The number of pyridine rings is 1. The quantitative estimate of drug-likeness (QED) is 0.477. The summed E-state index contributed by atoms with van der Waals surface area (Å²) < 4.78 is 28.1. The molecule has 0 saturated carbocycles. The van der Waals surface area contributed by atoms with Gasteiger partial charge in [0.1, 0.15) is 5.84 Å². The normalized spacial score (nSPS) is 23.7. The topological polar surface area (TPSA) is 139 Å². The van der Waals surface area contributed by atoms with Crippen LogP contribution >= 0.6 is 0 Å². The van der Waals surface area contributed by atoms with E-state index in [0.717, 1.165) is 30.8 Å². The minimum atomic E-state index is -3.60. The van der Waals surface area contributed by atoms with Gasteiger partial charge < -0.3 is 16.4 Å². The molecule has 0 spiro atoms. The number of aromatic nitrogens is 1. The largest absolute Gasteiger partial charge is 0.384 e. The van der Waals surface area contributed by atoms with Gasteiger partial charge in [0.15, 0.2) is 0 Å². The fourth-order valence-electron chi connectivity index (χ4n) is 4.22. The lowest BCUT2D eigenvalue weighted by Gasteiger charge is -2.32. The molecule has 1 aromatic heterocycles. The molecular formula is C23H31N7O2S. The van der Waals surface area contributed by atoms with Crippen molar-refractivity contribution in [1.82, 2.24) is 19.9 Å². The van der Waals surface area contributed by atoms with Gasteiger partial charge in [-0.1, -0.05) is 18.2 Å². The number of aryl methyl sites for hydroxylation is 1. The van der Waals surface area contributed by atoms with E-state index in [1.54, 1.807) is 40.8 Å². The van der Waals surface area contributed by atoms with Crippen LogP contribution in [0, 0.1) is 12.8 Å². The first-order valence-corrected chi connectivity index (χ1v) is 12.5. The Morgan fingerprint density at radius 2 is 2.03 bits per heavy atom. The third-order valence-electron chi connectivity index (χ3n) is 5.96. The van der Waals surface area contributed by atoms with E-state index in [-0.39, 0.29) is 10.8 Å². The molecule has 33 heavy (non-hydrogen) atoms. The summed E-state index contributed by atoms with van der Waals surface area (Å²) >= 11 is 0. The maximum atomic E-state index is 13.3. The summed E-state index contributed by atoms with van der Waals surface area (Å²) in [6, 6.07) is 12.5. The Kier molecular flexibility index (Phi) is 6.80. The SMILES string of the molecule is Cc1cccc(CNCC2CCCN(S(=O)(=O)c3ccc(C4(N)N=C(N)C=CN4)cc3)C2)n1. The number of hydrogen-bond acceptors (Lipinski definition) is 8. The lowest BCUT2D eigenvalue weighted by Crippen LogP contribution is -2.49. The Balaban J connectivity index is 1.39. The molecular weight excluding hydrogens is 438 g/mol. The highest BCUT2D eigenvalue weighted by Crippen LogP contribution is 2.26. The van der Waals surface area contributed by atoms with Crippen LogP contribution in [0.4, 0.5) is 0 Å². The van der Waals surface area contributed by atoms with Gasteiger partial charge in [-0.15, -0.1) is 0 Å². The van der Waals surface area contributed by atoms with Crippen molar-refractivity contribution in [2.24, 2.45) is 22.4 Å². The monoisotopic (exact) mass is 469 g/mol. The fraction of sp³-hybridized carbons (Fsp3) is 0.391. The van der Waals surface area contributed by atoms with Crippen LogP contribution in [0.3, 0.4) is 0 Å². The molecule has 1 aromatic carbocycles. The highest BCUT2D eigenvalue weighted by atomic mass is 32.2. The molecule has 0 radical (unpaired) electrons. The molecule has 2 aliphatic heterocycles. The predicted molar refractivity (Wildman–Crippen MR) is 128 cm³/mol. The van der Waals surface area contributed by atoms with Crippen molar-refractivity contribution in [3.8, 4) is 0 Å². The van der Waals surface area contributed by atoms with Crippen LogP contribution in [0.25, 0.3) is 0 Å². The highest BCUT2D eigenvalue weighted by Gasteiger charge is 2.32. The summed E-state index contributed by atoms with van der Waals surface area (Å²) in [5.41, 5.74) is 14.7. The van der Waals surface area contributed by atoms with E-state index < -0.39 is 15.8 Å². The first kappa shape index (κ1) is 23.4. The van der Waals surface area contributed by atoms with Gasteiger partial charge in [0.2, 0.25) is 15.8 Å². The maximum absolute atomic E-state index is 13.3. The van der Waals surface area contributed by atoms with Crippen LogP contribution in [-0.2, 0) is 22.4 Å². The Bertz CT molecular complexity index is 1150. The van der Waals surface area contributed by atoms with E-state index in [2.05, 4.69) is 20.6 Å². The molecule has 1 fully saturated rings. The zero-order chi connectivity index (χ0) is 23.5. The average Bonchev–Trinajstić information content (AvgIpc) is 2.79. The number of hydrogen-bond donors (Lipinski definition) is 4. The number of nitrogens with one attached hydrogen (secondary N) is 2. The summed E-state index contributed by atoms with van der Waals surface area (Å²) in [6.45, 7) is 4.40. The number of piperidine rings is 1. The number of nitrogens with two attached hydrogens (primary N) is 2. The Morgan fingerprint density at radius 3 is 2.76 bits per heavy atom. The van der Waals surface area contributed by atoms with Gasteiger partial charge in [-0.2, -0.15) is 4.31 Å². The molecule has 176 valence electrons. The summed E-state index contributed by atoms with van der Waals surface area (Å²) in [5.74, 6) is -0.658. The first-order chi connectivity index (χ1) is 15.8. The summed E-state index contributed by atoms with van der Waals surface area (Å²) in [7, 11) is -3.60. The van der Waals surface area contributed by atoms with Crippen molar-refractivity contribution < 1.29 is 8.42 Å². The standard InChI is InChI=1S/C23H31N7O2S/c1-17-4-2-6-20(28-17)15-26-14-18-5-3-13-30(16-18)33(31,32)21-9-7-19(8-10-21)23(25)27-12-11-22(24)29-23/h2,4,6-12,18,26-27H,3,5,13-16,25H2,1H3,(H2,24,29). The van der Waals surface area contributed by atoms with E-state index in [4.69, 9.17) is 11.5 Å². The second-order valence-corrected chi connectivity index (χ2v) is 10.5. The van der Waals surface area contributed by atoms with Gasteiger partial charge in [-0.05, 0) is 62.6 Å². The predicted octanol–water partition coefficient (Wildman–Crippen LogP) is 1.12. The molecule has 2 unspecified atom stereocenters. The zero-order valence-electron chi connectivity index (χ0n) is 18.7. The molecule has 2 aromatic rings. The Hall–Kier alpha value is -2.79. The van der Waals surface area contributed by atoms with E-state index in [0.29, 0.717) is 31.0 Å². The van der Waals surface area contributed by atoms with Gasteiger partial charge in [0, 0.05) is 37.1 Å². The number of aliphatic imine (C=N–C) groups is 1. The Morgan fingerprint density at radius 1 is 1.24 bits per heavy atom. The fourth-order valence-corrected chi connectivity index (χ4v) is 5.77. The van der Waals surface area contributed by atoms with Crippen LogP contribution < -0.4 is 22.1 Å². The zero-order valence-corrected chi connectivity index (χ0v) is 19.6. The third-order valence-corrected chi connectivity index (χ3v) is 7.84. The molecule has 1 saturated heterocycles. The molecule has 10 heteroatoms. The number of benzene rings is 1. The van der Waals surface area contributed by atoms with Gasteiger partial charge in [-0.3, -0.25) is 10.7 Å². The van der Waals surface area contributed by atoms with Crippen molar-refractivity contribution in [2.75, 3.05) is 19.6 Å². The van der Waals surface area contributed by atoms with E-state index in [1.807, 2.05) is 25.1 Å². The second kappa shape index (κ2) is 9.60. The lowest BCUT2D eigenvalue weighted by molar-refractivity contribution is 0.259. The van der Waals surface area contributed by atoms with Crippen molar-refractivity contribution in [2.45, 2.75) is 37.0 Å². The molecule has 9 nitrogen and oxygen atoms in total. The second-order valence-electron chi connectivity index (χ2n) is 8.58. The van der Waals surface area contributed by atoms with Gasteiger partial charge in [0.05, 0.1) is 10.6 Å². The average molecular weight is 470 g/mol. The molecule has 6 N–H and O–H groups in total. The molecule has 4 rings (SSSR count). The Labute approximate surface area is 195 Å². The number of nitrogens with zero attached hydrogens (tertiary/aromatic N) is 3. The van der Waals surface area contributed by atoms with Crippen molar-refractivity contribution >= 4 is 15.9 Å². The van der Waals surface area contributed by atoms with Crippen LogP contribution in [0.5, 0.6) is 0 Å². The molecule has 3 heterocycles. The number of sulfonamides is 1. The van der Waals surface area contributed by atoms with E-state index in [9.17, 15) is 8.42 Å². The van der Waals surface area contributed by atoms with Crippen LogP contribution in [0.2, 0.25) is 0 Å². The molecule has 2 atom stereocenters. The van der Waals surface area contributed by atoms with Crippen LogP contribution in [-0.4, -0.2) is 43.2 Å². The molecule has 0 bridgehead atoms. The van der Waals surface area contributed by atoms with Crippen LogP contribution in [0.15, 0.2) is 64.6 Å². The lowest BCUT2D eigenvalue weighted by atomic mass is 10.00. The van der Waals surface area contributed by atoms with E-state index >= 15 is 0 Å². The number of rotatable bonds is 7. The van der Waals surface area contributed by atoms with E-state index in [1.165, 1.54) is 0 Å². The van der Waals surface area contributed by atoms with Crippen LogP contribution in [0.1, 0.15) is 29.8 Å². The van der Waals surface area contributed by atoms with Gasteiger partial charge in [0.25, 0.3) is 0 Å². The van der Waals surface area contributed by atoms with Gasteiger partial charge in [-0.25, -0.2) is 13.4 Å². The van der Waals surface area contributed by atoms with Crippen molar-refractivity contribution in [1.29, 1.82) is 0 Å². The summed E-state index contributed by atoms with van der Waals surface area (Å²) in [5, 5.41) is 6.39. The summed E-state index contributed by atoms with van der Waals surface area (Å²) in [4.78, 5) is 8.98. The molecule has 2 aliphatic rings. The molecule has 0 aliphatic carbocycles. The minimum absolute atomic E-state index is 0.246. The summed E-state index contributed by atoms with van der Waals surface area (Å²) in [6.07, 6.45) is 5.07. The smallest absolute Gasteiger partial charge is 0.243 e. The highest BCUT2D eigenvalue weighted by molar-refractivity contribution is 7.89. The number of amidine groups is 1. The maximum Gasteiger partial charge on any atom is 0.243 e. The molecule has 0 amide bonds.